The Morgan fingerprint density at radius 2 is 0.886 bits per heavy atom. The number of hydrogen-bond acceptors (Lipinski definition) is 4. The van der Waals surface area contributed by atoms with Crippen molar-refractivity contribution in [1.82, 2.24) is 0 Å². The average molecular weight is 605 g/mol. The van der Waals surface area contributed by atoms with E-state index in [4.69, 9.17) is 10.2 Å². The van der Waals surface area contributed by atoms with E-state index in [0.717, 1.165) is 73.0 Å². The van der Waals surface area contributed by atoms with E-state index in [9.17, 15) is 10.2 Å². The number of fused-ring (bicyclic) bond motifs is 10. The van der Waals surface area contributed by atoms with E-state index in [2.05, 4.69) is 41.5 Å². The van der Waals surface area contributed by atoms with Gasteiger partial charge >= 0.3 is 0 Å². The third-order valence-electron chi connectivity index (χ3n) is 17.9. The zero-order chi connectivity index (χ0) is 30.8. The van der Waals surface area contributed by atoms with Crippen LogP contribution < -0.4 is 0 Å². The molecule has 4 nitrogen and oxygen atoms in total. The SMILES string of the molecule is C[C@@H]1C[C@@]2(C)[C@H](CC[C@H]3[C@@H]2CC[C@]2(C)[C@@H](O)CC[C@@H]32)C/C1=N\N=C1\C[C@@H]2CC[C@H]3[C@H](CC[C@]4(C)[C@@H](O)CC[C@@H]34)[C@@]2(C)C[C@@H]1C. The zero-order valence-electron chi connectivity index (χ0n) is 29.0. The molecule has 0 heterocycles. The highest BCUT2D eigenvalue weighted by Crippen LogP contribution is 2.68. The molecule has 0 aliphatic heterocycles. The van der Waals surface area contributed by atoms with Gasteiger partial charge in [0.05, 0.1) is 12.2 Å². The predicted molar refractivity (Wildman–Crippen MR) is 179 cm³/mol. The second kappa shape index (κ2) is 10.4. The normalized spacial score (nSPS) is 60.2. The number of hydrogen-bond donors (Lipinski definition) is 2. The van der Waals surface area contributed by atoms with Crippen LogP contribution in [0.15, 0.2) is 10.2 Å². The van der Waals surface area contributed by atoms with Gasteiger partial charge in [0.15, 0.2) is 0 Å². The van der Waals surface area contributed by atoms with Crippen molar-refractivity contribution in [1.29, 1.82) is 0 Å². The van der Waals surface area contributed by atoms with Crippen LogP contribution in [0.5, 0.6) is 0 Å². The van der Waals surface area contributed by atoms with E-state index in [1.165, 1.54) is 88.5 Å². The lowest BCUT2D eigenvalue weighted by atomic mass is 9.44. The molecule has 0 aromatic heterocycles. The van der Waals surface area contributed by atoms with Crippen molar-refractivity contribution >= 4 is 11.4 Å². The van der Waals surface area contributed by atoms with E-state index >= 15 is 0 Å². The first-order valence-corrected chi connectivity index (χ1v) is 19.4. The van der Waals surface area contributed by atoms with Gasteiger partial charge in [0.1, 0.15) is 0 Å². The molecule has 2 N–H and O–H groups in total. The Balaban J connectivity index is 0.970. The van der Waals surface area contributed by atoms with Crippen molar-refractivity contribution in [2.45, 2.75) is 156 Å². The summed E-state index contributed by atoms with van der Waals surface area (Å²) in [7, 11) is 0. The van der Waals surface area contributed by atoms with Gasteiger partial charge in [0.2, 0.25) is 0 Å². The molecule has 8 saturated carbocycles. The largest absolute Gasteiger partial charge is 0.393 e. The summed E-state index contributed by atoms with van der Waals surface area (Å²) in [5.74, 6) is 7.34. The molecule has 0 spiro atoms. The molecule has 8 aliphatic carbocycles. The summed E-state index contributed by atoms with van der Waals surface area (Å²) >= 11 is 0. The van der Waals surface area contributed by atoms with Crippen molar-refractivity contribution in [3.8, 4) is 0 Å². The first kappa shape index (κ1) is 30.6. The van der Waals surface area contributed by atoms with E-state index < -0.39 is 0 Å². The summed E-state index contributed by atoms with van der Waals surface area (Å²) in [6.07, 6.45) is 19.8. The van der Waals surface area contributed by atoms with E-state index in [0.29, 0.717) is 22.7 Å². The highest BCUT2D eigenvalue weighted by molar-refractivity contribution is 5.91. The summed E-state index contributed by atoms with van der Waals surface area (Å²) in [6.45, 7) is 15.1. The number of aliphatic hydroxyl groups is 2. The summed E-state index contributed by atoms with van der Waals surface area (Å²) < 4.78 is 0. The maximum atomic E-state index is 10.9. The summed E-state index contributed by atoms with van der Waals surface area (Å²) in [5, 5.41) is 32.1. The molecular weight excluding hydrogens is 540 g/mol. The third-order valence-corrected chi connectivity index (χ3v) is 17.9. The zero-order valence-corrected chi connectivity index (χ0v) is 29.0. The molecule has 0 aromatic rings. The van der Waals surface area contributed by atoms with Crippen LogP contribution in [0.1, 0.15) is 144 Å². The van der Waals surface area contributed by atoms with Crippen LogP contribution in [0.3, 0.4) is 0 Å². The van der Waals surface area contributed by atoms with Gasteiger partial charge in [-0.3, -0.25) is 0 Å². The monoisotopic (exact) mass is 604 g/mol. The van der Waals surface area contributed by atoms with Crippen LogP contribution >= 0.6 is 0 Å². The molecule has 8 fully saturated rings. The Labute approximate surface area is 268 Å². The lowest BCUT2D eigenvalue weighted by molar-refractivity contribution is -0.116. The molecule has 246 valence electrons. The number of aliphatic hydroxyl groups excluding tert-OH is 2. The number of nitrogens with zero attached hydrogens (tertiary/aromatic N) is 2. The minimum absolute atomic E-state index is 0.0722. The lowest BCUT2D eigenvalue weighted by Gasteiger charge is -2.61. The minimum Gasteiger partial charge on any atom is -0.393 e. The molecule has 0 saturated heterocycles. The maximum Gasteiger partial charge on any atom is 0.0596 e. The lowest BCUT2D eigenvalue weighted by Crippen LogP contribution is -2.55. The average Bonchev–Trinajstić information content (AvgIpc) is 3.46. The van der Waals surface area contributed by atoms with E-state index in [-0.39, 0.29) is 23.0 Å². The van der Waals surface area contributed by atoms with Crippen LogP contribution in [0.4, 0.5) is 0 Å². The van der Waals surface area contributed by atoms with Crippen LogP contribution in [-0.4, -0.2) is 33.8 Å². The molecule has 8 rings (SSSR count). The van der Waals surface area contributed by atoms with Crippen molar-refractivity contribution < 1.29 is 10.2 Å². The van der Waals surface area contributed by atoms with Crippen molar-refractivity contribution in [2.24, 2.45) is 91.0 Å². The summed E-state index contributed by atoms with van der Waals surface area (Å²) in [5.41, 5.74) is 3.99. The van der Waals surface area contributed by atoms with Crippen LogP contribution in [0.2, 0.25) is 0 Å². The maximum absolute atomic E-state index is 10.9. The molecule has 0 amide bonds. The molecular formula is C40H64N2O2. The Bertz CT molecular complexity index is 1120. The molecule has 4 heteroatoms. The molecule has 8 aliphatic rings. The van der Waals surface area contributed by atoms with Crippen LogP contribution in [0.25, 0.3) is 0 Å². The van der Waals surface area contributed by atoms with Crippen molar-refractivity contribution in [2.75, 3.05) is 0 Å². The van der Waals surface area contributed by atoms with E-state index in [1.807, 2.05) is 0 Å². The fraction of sp³-hybridized carbons (Fsp3) is 0.950. The van der Waals surface area contributed by atoms with Gasteiger partial charge in [-0.2, -0.15) is 10.2 Å². The first-order valence-electron chi connectivity index (χ1n) is 19.4. The van der Waals surface area contributed by atoms with Gasteiger partial charge in [0, 0.05) is 11.4 Å². The van der Waals surface area contributed by atoms with E-state index in [1.54, 1.807) is 0 Å². The van der Waals surface area contributed by atoms with Gasteiger partial charge in [-0.1, -0.05) is 41.5 Å². The fourth-order valence-electron chi connectivity index (χ4n) is 15.2. The van der Waals surface area contributed by atoms with Crippen molar-refractivity contribution in [3.63, 3.8) is 0 Å². The quantitative estimate of drug-likeness (QED) is 0.293. The highest BCUT2D eigenvalue weighted by Gasteiger charge is 2.62. The fourth-order valence-corrected chi connectivity index (χ4v) is 15.2. The van der Waals surface area contributed by atoms with Gasteiger partial charge in [0.25, 0.3) is 0 Å². The molecule has 0 radical (unpaired) electrons. The minimum atomic E-state index is -0.0722. The standard InChI is InChI=1S/C40H64N2O2/c1-23-21-39(5)25(7-9-27-29-11-13-35(43)37(29,3)17-15-31(27)39)19-33(23)41-42-34-20-26-8-10-28-30-12-14-36(44)38(30,4)18-16-32(28)40(26,6)22-24(34)2/h23-32,35-36,43-44H,7-22H2,1-6H3/b41-33-,42-34+/t23-,24+,25-,26+,27+,28+,29-,30-,31-,32-,35-,36-,37-,38-,39-,40-/m0/s1. The molecule has 0 bridgehead atoms. The second-order valence-corrected chi connectivity index (χ2v) is 19.4. The first-order chi connectivity index (χ1) is 20.9. The highest BCUT2D eigenvalue weighted by atomic mass is 16.3. The topological polar surface area (TPSA) is 65.2 Å². The van der Waals surface area contributed by atoms with Crippen molar-refractivity contribution in [3.05, 3.63) is 0 Å². The smallest absolute Gasteiger partial charge is 0.0596 e. The van der Waals surface area contributed by atoms with Crippen LogP contribution in [0, 0.1) is 80.8 Å². The summed E-state index contributed by atoms with van der Waals surface area (Å²) in [4.78, 5) is 0. The van der Waals surface area contributed by atoms with Gasteiger partial charge in [-0.15, -0.1) is 0 Å². The van der Waals surface area contributed by atoms with Gasteiger partial charge in [-0.25, -0.2) is 0 Å². The molecule has 0 aromatic carbocycles. The Morgan fingerprint density at radius 3 is 1.30 bits per heavy atom. The van der Waals surface area contributed by atoms with Crippen LogP contribution in [-0.2, 0) is 0 Å². The van der Waals surface area contributed by atoms with Gasteiger partial charge < -0.3 is 10.2 Å². The molecule has 44 heavy (non-hydrogen) atoms. The van der Waals surface area contributed by atoms with Gasteiger partial charge in [-0.05, 0) is 184 Å². The predicted octanol–water partition coefficient (Wildman–Crippen LogP) is 9.08. The summed E-state index contributed by atoms with van der Waals surface area (Å²) in [6, 6.07) is 0. The Hall–Kier alpha value is -0.740. The Morgan fingerprint density at radius 1 is 0.500 bits per heavy atom. The third kappa shape index (κ3) is 4.20. The Kier molecular flexibility index (Phi) is 7.21. The molecule has 0 unspecified atom stereocenters. The number of rotatable bonds is 1. The second-order valence-electron chi connectivity index (χ2n) is 19.4. The molecule has 16 atom stereocenters.